The zero-order chi connectivity index (χ0) is 25.0. The maximum Gasteiger partial charge on any atom is 0.407 e. The van der Waals surface area contributed by atoms with E-state index in [9.17, 15) is 19.5 Å². The van der Waals surface area contributed by atoms with Gasteiger partial charge in [-0.2, -0.15) is 11.8 Å². The standard InChI is InChI=1S/C26H30N2O6S/c1-26(24(30)31)15-33-14-22(26)28-23(29)21(11-12-35-2)27-25(32)34-13-20-18-9-5-3-7-16(18)17-8-4-6-10-19(17)20/h3-10,20-22H,11-15H2,1-2H3,(H,27,32)(H,28,29)(H,30,31)/t21-,22?,26?/m1/s1. The number of amides is 2. The Morgan fingerprint density at radius 3 is 2.37 bits per heavy atom. The largest absolute Gasteiger partial charge is 0.481 e. The quantitative estimate of drug-likeness (QED) is 0.486. The minimum atomic E-state index is -1.22. The van der Waals surface area contributed by atoms with Crippen molar-refractivity contribution in [2.45, 2.75) is 31.3 Å². The van der Waals surface area contributed by atoms with E-state index < -0.39 is 35.5 Å². The average Bonchev–Trinajstić information content (AvgIpc) is 3.39. The molecule has 3 N–H and O–H groups in total. The molecule has 2 unspecified atom stereocenters. The van der Waals surface area contributed by atoms with Crippen LogP contribution in [0.5, 0.6) is 0 Å². The van der Waals surface area contributed by atoms with Crippen LogP contribution in [-0.4, -0.2) is 67.0 Å². The molecule has 1 saturated heterocycles. The van der Waals surface area contributed by atoms with Crippen molar-refractivity contribution in [1.29, 1.82) is 0 Å². The smallest absolute Gasteiger partial charge is 0.407 e. The summed E-state index contributed by atoms with van der Waals surface area (Å²) in [6.45, 7) is 1.81. The van der Waals surface area contributed by atoms with E-state index in [4.69, 9.17) is 9.47 Å². The Balaban J connectivity index is 1.40. The summed E-state index contributed by atoms with van der Waals surface area (Å²) in [6.07, 6.45) is 1.61. The fourth-order valence-corrected chi connectivity index (χ4v) is 5.12. The minimum Gasteiger partial charge on any atom is -0.481 e. The number of fused-ring (bicyclic) bond motifs is 3. The van der Waals surface area contributed by atoms with Crippen LogP contribution in [-0.2, 0) is 19.1 Å². The number of rotatable bonds is 9. The molecular formula is C26H30N2O6S. The Morgan fingerprint density at radius 1 is 1.14 bits per heavy atom. The molecule has 35 heavy (non-hydrogen) atoms. The van der Waals surface area contributed by atoms with E-state index in [0.29, 0.717) is 12.2 Å². The van der Waals surface area contributed by atoms with Crippen molar-refractivity contribution >= 4 is 29.7 Å². The molecule has 3 atom stereocenters. The molecule has 186 valence electrons. The van der Waals surface area contributed by atoms with Crippen molar-refractivity contribution in [2.75, 3.05) is 31.8 Å². The average molecular weight is 499 g/mol. The molecule has 0 spiro atoms. The lowest BCUT2D eigenvalue weighted by atomic mass is 9.85. The minimum absolute atomic E-state index is 0.0164. The number of carbonyl (C=O) groups is 3. The van der Waals surface area contributed by atoms with E-state index in [1.54, 1.807) is 18.7 Å². The van der Waals surface area contributed by atoms with Crippen molar-refractivity contribution in [3.8, 4) is 11.1 Å². The van der Waals surface area contributed by atoms with Gasteiger partial charge in [-0.25, -0.2) is 4.79 Å². The van der Waals surface area contributed by atoms with E-state index in [1.807, 2.05) is 42.7 Å². The molecule has 2 aromatic carbocycles. The number of aliphatic carboxylic acids is 1. The van der Waals surface area contributed by atoms with Crippen LogP contribution in [0.4, 0.5) is 4.79 Å². The second-order valence-electron chi connectivity index (χ2n) is 9.10. The van der Waals surface area contributed by atoms with Gasteiger partial charge in [-0.05, 0) is 47.6 Å². The first-order chi connectivity index (χ1) is 16.8. The topological polar surface area (TPSA) is 114 Å². The number of ether oxygens (including phenoxy) is 2. The number of carbonyl (C=O) groups excluding carboxylic acids is 2. The maximum absolute atomic E-state index is 13.0. The maximum atomic E-state index is 13.0. The number of carboxylic acids is 1. The van der Waals surface area contributed by atoms with Gasteiger partial charge in [0.2, 0.25) is 5.91 Å². The van der Waals surface area contributed by atoms with Gasteiger partial charge in [-0.15, -0.1) is 0 Å². The van der Waals surface area contributed by atoms with Crippen molar-refractivity contribution in [2.24, 2.45) is 5.41 Å². The Hall–Kier alpha value is -3.04. The summed E-state index contributed by atoms with van der Waals surface area (Å²) < 4.78 is 10.9. The van der Waals surface area contributed by atoms with Gasteiger partial charge in [0.1, 0.15) is 18.1 Å². The molecule has 1 aliphatic heterocycles. The molecule has 8 nitrogen and oxygen atoms in total. The van der Waals surface area contributed by atoms with E-state index in [2.05, 4.69) is 22.8 Å². The number of thioether (sulfide) groups is 1. The molecule has 4 rings (SSSR count). The second-order valence-corrected chi connectivity index (χ2v) is 10.1. The van der Waals surface area contributed by atoms with Crippen LogP contribution in [0, 0.1) is 5.41 Å². The number of carboxylic acid groups (broad SMARTS) is 1. The molecule has 1 aliphatic carbocycles. The van der Waals surface area contributed by atoms with Gasteiger partial charge in [0.25, 0.3) is 0 Å². The van der Waals surface area contributed by atoms with Crippen molar-refractivity contribution in [3.63, 3.8) is 0 Å². The highest BCUT2D eigenvalue weighted by Gasteiger charge is 2.47. The fourth-order valence-electron chi connectivity index (χ4n) is 4.64. The lowest BCUT2D eigenvalue weighted by Gasteiger charge is -2.27. The lowest BCUT2D eigenvalue weighted by molar-refractivity contribution is -0.149. The van der Waals surface area contributed by atoms with E-state index in [-0.39, 0.29) is 25.7 Å². The summed E-state index contributed by atoms with van der Waals surface area (Å²) in [5, 5.41) is 15.0. The molecule has 0 saturated carbocycles. The Kier molecular flexibility index (Phi) is 7.66. The molecule has 0 bridgehead atoms. The van der Waals surface area contributed by atoms with Crippen LogP contribution in [0.25, 0.3) is 11.1 Å². The highest BCUT2D eigenvalue weighted by molar-refractivity contribution is 7.98. The zero-order valence-electron chi connectivity index (χ0n) is 19.8. The third kappa shape index (κ3) is 5.16. The highest BCUT2D eigenvalue weighted by Crippen LogP contribution is 2.44. The predicted molar refractivity (Wildman–Crippen MR) is 133 cm³/mol. The van der Waals surface area contributed by atoms with Gasteiger partial charge in [-0.1, -0.05) is 48.5 Å². The summed E-state index contributed by atoms with van der Waals surface area (Å²) >= 11 is 1.55. The number of hydrogen-bond acceptors (Lipinski definition) is 6. The summed E-state index contributed by atoms with van der Waals surface area (Å²) in [7, 11) is 0. The molecule has 9 heteroatoms. The lowest BCUT2D eigenvalue weighted by Crippen LogP contribution is -2.55. The zero-order valence-corrected chi connectivity index (χ0v) is 20.6. The first-order valence-corrected chi connectivity index (χ1v) is 13.0. The van der Waals surface area contributed by atoms with E-state index >= 15 is 0 Å². The van der Waals surface area contributed by atoms with Gasteiger partial charge in [-0.3, -0.25) is 9.59 Å². The van der Waals surface area contributed by atoms with Crippen molar-refractivity contribution in [3.05, 3.63) is 59.7 Å². The highest BCUT2D eigenvalue weighted by atomic mass is 32.2. The summed E-state index contributed by atoms with van der Waals surface area (Å²) in [4.78, 5) is 37.4. The summed E-state index contributed by atoms with van der Waals surface area (Å²) in [5.41, 5.74) is 3.26. The number of nitrogens with one attached hydrogen (secondary N) is 2. The van der Waals surface area contributed by atoms with Gasteiger partial charge >= 0.3 is 12.1 Å². The third-order valence-electron chi connectivity index (χ3n) is 6.82. The van der Waals surface area contributed by atoms with E-state index in [1.165, 1.54) is 0 Å². The van der Waals surface area contributed by atoms with Crippen LogP contribution < -0.4 is 10.6 Å². The Morgan fingerprint density at radius 2 is 1.77 bits per heavy atom. The number of hydrogen-bond donors (Lipinski definition) is 3. The molecule has 0 radical (unpaired) electrons. The van der Waals surface area contributed by atoms with Gasteiger partial charge in [0.15, 0.2) is 0 Å². The van der Waals surface area contributed by atoms with Crippen LogP contribution in [0.2, 0.25) is 0 Å². The molecule has 2 amide bonds. The number of benzene rings is 2. The van der Waals surface area contributed by atoms with Crippen LogP contribution in [0.1, 0.15) is 30.4 Å². The van der Waals surface area contributed by atoms with Crippen molar-refractivity contribution < 1.29 is 29.0 Å². The van der Waals surface area contributed by atoms with Gasteiger partial charge in [0, 0.05) is 5.92 Å². The second kappa shape index (κ2) is 10.7. The SMILES string of the molecule is CSCC[C@@H](NC(=O)OCC1c2ccccc2-c2ccccc21)C(=O)NC1COCC1(C)C(=O)O. The monoisotopic (exact) mass is 498 g/mol. The van der Waals surface area contributed by atoms with Crippen molar-refractivity contribution in [1.82, 2.24) is 10.6 Å². The summed E-state index contributed by atoms with van der Waals surface area (Å²) in [6, 6.07) is 14.6. The number of alkyl carbamates (subject to hydrolysis) is 1. The first-order valence-electron chi connectivity index (χ1n) is 11.6. The van der Waals surface area contributed by atoms with E-state index in [0.717, 1.165) is 22.3 Å². The first kappa shape index (κ1) is 25.1. The van der Waals surface area contributed by atoms with Crippen LogP contribution in [0.15, 0.2) is 48.5 Å². The van der Waals surface area contributed by atoms with Crippen LogP contribution in [0.3, 0.4) is 0 Å². The molecule has 0 aromatic heterocycles. The van der Waals surface area contributed by atoms with Crippen LogP contribution >= 0.6 is 11.8 Å². The molecule has 2 aliphatic rings. The predicted octanol–water partition coefficient (Wildman–Crippen LogP) is 3.25. The van der Waals surface area contributed by atoms with Gasteiger partial charge < -0.3 is 25.2 Å². The van der Waals surface area contributed by atoms with Gasteiger partial charge in [0.05, 0.1) is 19.3 Å². The molecule has 1 fully saturated rings. The molecule has 2 aromatic rings. The fraction of sp³-hybridized carbons (Fsp3) is 0.423. The molecule has 1 heterocycles. The summed E-state index contributed by atoms with van der Waals surface area (Å²) in [5.74, 6) is -0.932. The Bertz CT molecular complexity index is 1060. The normalized spacial score (nSPS) is 21.6. The molecular weight excluding hydrogens is 468 g/mol. The third-order valence-corrected chi connectivity index (χ3v) is 7.47. The Labute approximate surface area is 208 Å².